The lowest BCUT2D eigenvalue weighted by atomic mass is 10.1. The summed E-state index contributed by atoms with van der Waals surface area (Å²) in [6.07, 6.45) is 7.74. The van der Waals surface area contributed by atoms with Crippen LogP contribution < -0.4 is 5.32 Å². The maximum atomic E-state index is 12.2. The molecule has 1 aliphatic carbocycles. The number of likely N-dealkylation sites (N-methyl/N-ethyl adjacent to an activating group) is 1. The highest BCUT2D eigenvalue weighted by Crippen LogP contribution is 2.22. The molecule has 1 aliphatic rings. The maximum absolute atomic E-state index is 12.2. The second kappa shape index (κ2) is 7.55. The Bertz CT molecular complexity index is 452. The standard InChI is InChI=1S/C17H27N3O/c1-4-15(16-10-9-13(2)11-18-16)19-17(21)12-20(3)14-7-5-6-8-14/h9-11,14-15H,4-8,12H2,1-3H3,(H,19,21). The fourth-order valence-electron chi connectivity index (χ4n) is 3.01. The van der Waals surface area contributed by atoms with E-state index in [1.54, 1.807) is 0 Å². The minimum absolute atomic E-state index is 0.00933. The van der Waals surface area contributed by atoms with Crippen molar-refractivity contribution in [2.24, 2.45) is 0 Å². The highest BCUT2D eigenvalue weighted by molar-refractivity contribution is 5.78. The number of aromatic nitrogens is 1. The third-order valence-corrected chi connectivity index (χ3v) is 4.38. The van der Waals surface area contributed by atoms with E-state index in [0.717, 1.165) is 17.7 Å². The van der Waals surface area contributed by atoms with Crippen LogP contribution in [0.3, 0.4) is 0 Å². The lowest BCUT2D eigenvalue weighted by Crippen LogP contribution is -2.40. The van der Waals surface area contributed by atoms with Crippen LogP contribution in [-0.2, 0) is 4.79 Å². The molecular formula is C17H27N3O. The molecule has 1 saturated carbocycles. The van der Waals surface area contributed by atoms with Gasteiger partial charge in [0.25, 0.3) is 0 Å². The van der Waals surface area contributed by atoms with Gasteiger partial charge in [0.05, 0.1) is 18.3 Å². The predicted octanol–water partition coefficient (Wildman–Crippen LogP) is 2.83. The third-order valence-electron chi connectivity index (χ3n) is 4.38. The van der Waals surface area contributed by atoms with Crippen molar-refractivity contribution in [1.29, 1.82) is 0 Å². The van der Waals surface area contributed by atoms with Crippen molar-refractivity contribution in [2.75, 3.05) is 13.6 Å². The zero-order valence-corrected chi connectivity index (χ0v) is 13.4. The summed E-state index contributed by atoms with van der Waals surface area (Å²) < 4.78 is 0. The molecule has 2 rings (SSSR count). The largest absolute Gasteiger partial charge is 0.347 e. The first-order valence-corrected chi connectivity index (χ1v) is 8.02. The summed E-state index contributed by atoms with van der Waals surface area (Å²) in [5.74, 6) is 0.0959. The van der Waals surface area contributed by atoms with Crippen molar-refractivity contribution < 1.29 is 4.79 Å². The van der Waals surface area contributed by atoms with Gasteiger partial charge in [-0.1, -0.05) is 25.8 Å². The number of carbonyl (C=O) groups is 1. The average molecular weight is 289 g/mol. The molecule has 0 aliphatic heterocycles. The fraction of sp³-hybridized carbons (Fsp3) is 0.647. The lowest BCUT2D eigenvalue weighted by Gasteiger charge is -2.24. The smallest absolute Gasteiger partial charge is 0.234 e. The van der Waals surface area contributed by atoms with Gasteiger partial charge in [0, 0.05) is 12.2 Å². The number of pyridine rings is 1. The second-order valence-corrected chi connectivity index (χ2v) is 6.14. The molecule has 1 fully saturated rings. The Morgan fingerprint density at radius 2 is 2.14 bits per heavy atom. The number of amides is 1. The average Bonchev–Trinajstić information content (AvgIpc) is 3.00. The molecule has 1 heterocycles. The molecule has 4 nitrogen and oxygen atoms in total. The fourth-order valence-corrected chi connectivity index (χ4v) is 3.01. The van der Waals surface area contributed by atoms with Gasteiger partial charge in [-0.15, -0.1) is 0 Å². The first-order valence-electron chi connectivity index (χ1n) is 8.02. The van der Waals surface area contributed by atoms with E-state index in [0.29, 0.717) is 12.6 Å². The number of nitrogens with zero attached hydrogens (tertiary/aromatic N) is 2. The highest BCUT2D eigenvalue weighted by Gasteiger charge is 2.22. The number of nitrogens with one attached hydrogen (secondary N) is 1. The summed E-state index contributed by atoms with van der Waals surface area (Å²) in [4.78, 5) is 18.9. The van der Waals surface area contributed by atoms with Gasteiger partial charge in [-0.25, -0.2) is 0 Å². The SMILES string of the molecule is CCC(NC(=O)CN(C)C1CCCC1)c1ccc(C)cn1. The topological polar surface area (TPSA) is 45.2 Å². The van der Waals surface area contributed by atoms with Gasteiger partial charge >= 0.3 is 0 Å². The van der Waals surface area contributed by atoms with Crippen LogP contribution in [0.25, 0.3) is 0 Å². The van der Waals surface area contributed by atoms with Crippen molar-refractivity contribution in [3.05, 3.63) is 29.6 Å². The van der Waals surface area contributed by atoms with E-state index < -0.39 is 0 Å². The molecule has 1 aromatic heterocycles. The van der Waals surface area contributed by atoms with Crippen LogP contribution in [0.4, 0.5) is 0 Å². The van der Waals surface area contributed by atoms with Crippen molar-refractivity contribution >= 4 is 5.91 Å². The first kappa shape index (κ1) is 16.0. The van der Waals surface area contributed by atoms with Crippen LogP contribution in [-0.4, -0.2) is 35.4 Å². The Hall–Kier alpha value is -1.42. The Morgan fingerprint density at radius 3 is 2.71 bits per heavy atom. The quantitative estimate of drug-likeness (QED) is 0.876. The molecule has 1 aromatic rings. The van der Waals surface area contributed by atoms with Crippen molar-refractivity contribution in [3.63, 3.8) is 0 Å². The Balaban J connectivity index is 1.88. The van der Waals surface area contributed by atoms with Gasteiger partial charge in [-0.2, -0.15) is 0 Å². The molecule has 4 heteroatoms. The van der Waals surface area contributed by atoms with Gasteiger partial charge < -0.3 is 5.32 Å². The summed E-state index contributed by atoms with van der Waals surface area (Å²) in [6.45, 7) is 4.58. The second-order valence-electron chi connectivity index (χ2n) is 6.14. The van der Waals surface area contributed by atoms with Crippen molar-refractivity contribution in [3.8, 4) is 0 Å². The zero-order valence-electron chi connectivity index (χ0n) is 13.4. The Morgan fingerprint density at radius 1 is 1.43 bits per heavy atom. The van der Waals surface area contributed by atoms with Crippen LogP contribution >= 0.6 is 0 Å². The molecule has 1 N–H and O–H groups in total. The van der Waals surface area contributed by atoms with Gasteiger partial charge in [0.1, 0.15) is 0 Å². The summed E-state index contributed by atoms with van der Waals surface area (Å²) in [7, 11) is 2.06. The molecule has 1 amide bonds. The molecule has 1 atom stereocenters. The van der Waals surface area contributed by atoms with Crippen molar-refractivity contribution in [1.82, 2.24) is 15.2 Å². The lowest BCUT2D eigenvalue weighted by molar-refractivity contribution is -0.123. The Labute approximate surface area is 127 Å². The highest BCUT2D eigenvalue weighted by atomic mass is 16.2. The number of rotatable bonds is 6. The number of hydrogen-bond acceptors (Lipinski definition) is 3. The van der Waals surface area contributed by atoms with Crippen LogP contribution in [0, 0.1) is 6.92 Å². The summed E-state index contributed by atoms with van der Waals surface area (Å²) >= 11 is 0. The van der Waals surface area contributed by atoms with E-state index in [-0.39, 0.29) is 11.9 Å². The normalized spacial score (nSPS) is 17.1. The van der Waals surface area contributed by atoms with Crippen LogP contribution in [0.5, 0.6) is 0 Å². The zero-order chi connectivity index (χ0) is 15.2. The minimum atomic E-state index is 0.00933. The van der Waals surface area contributed by atoms with E-state index in [1.807, 2.05) is 25.3 Å². The van der Waals surface area contributed by atoms with Crippen molar-refractivity contribution in [2.45, 2.75) is 58.0 Å². The number of aryl methyl sites for hydroxylation is 1. The summed E-state index contributed by atoms with van der Waals surface area (Å²) in [5, 5.41) is 3.11. The molecule has 0 bridgehead atoms. The van der Waals surface area contributed by atoms with Gasteiger partial charge in [-0.3, -0.25) is 14.7 Å². The molecule has 116 valence electrons. The van der Waals surface area contributed by atoms with E-state index in [9.17, 15) is 4.79 Å². The number of hydrogen-bond donors (Lipinski definition) is 1. The van der Waals surface area contributed by atoms with E-state index in [4.69, 9.17) is 0 Å². The third kappa shape index (κ3) is 4.53. The molecule has 0 aromatic carbocycles. The van der Waals surface area contributed by atoms with E-state index in [2.05, 4.69) is 29.2 Å². The minimum Gasteiger partial charge on any atom is -0.347 e. The summed E-state index contributed by atoms with van der Waals surface area (Å²) in [5.41, 5.74) is 2.08. The molecule has 21 heavy (non-hydrogen) atoms. The monoisotopic (exact) mass is 289 g/mol. The first-order chi connectivity index (χ1) is 10.1. The van der Waals surface area contributed by atoms with Gasteiger partial charge in [0.15, 0.2) is 0 Å². The predicted molar refractivity (Wildman–Crippen MR) is 85.0 cm³/mol. The molecule has 0 saturated heterocycles. The molecule has 0 radical (unpaired) electrons. The van der Waals surface area contributed by atoms with E-state index in [1.165, 1.54) is 25.7 Å². The van der Waals surface area contributed by atoms with Gasteiger partial charge in [-0.05, 0) is 44.9 Å². The van der Waals surface area contributed by atoms with Crippen LogP contribution in [0.2, 0.25) is 0 Å². The molecular weight excluding hydrogens is 262 g/mol. The molecule has 1 unspecified atom stereocenters. The number of carbonyl (C=O) groups excluding carboxylic acids is 1. The van der Waals surface area contributed by atoms with E-state index >= 15 is 0 Å². The van der Waals surface area contributed by atoms with Gasteiger partial charge in [0.2, 0.25) is 5.91 Å². The van der Waals surface area contributed by atoms with Crippen LogP contribution in [0.15, 0.2) is 18.3 Å². The maximum Gasteiger partial charge on any atom is 0.234 e. The Kier molecular flexibility index (Phi) is 5.74. The molecule has 0 spiro atoms. The summed E-state index contributed by atoms with van der Waals surface area (Å²) in [6, 6.07) is 4.63. The van der Waals surface area contributed by atoms with Crippen LogP contribution in [0.1, 0.15) is 56.3 Å².